The molecule has 1 fully saturated rings. The van der Waals surface area contributed by atoms with Crippen LogP contribution in [0.3, 0.4) is 0 Å². The van der Waals surface area contributed by atoms with Gasteiger partial charge in [0.05, 0.1) is 13.2 Å². The van der Waals surface area contributed by atoms with E-state index in [0.29, 0.717) is 0 Å². The lowest BCUT2D eigenvalue weighted by Crippen LogP contribution is -2.30. The predicted octanol–water partition coefficient (Wildman–Crippen LogP) is 2.27. The lowest BCUT2D eigenvalue weighted by molar-refractivity contribution is 0.0562. The van der Waals surface area contributed by atoms with E-state index in [4.69, 9.17) is 4.42 Å². The molecule has 0 saturated heterocycles. The second-order valence-corrected chi connectivity index (χ2v) is 4.62. The van der Waals surface area contributed by atoms with Gasteiger partial charge in [-0.2, -0.15) is 0 Å². The molecule has 0 aliphatic heterocycles. The molecule has 1 N–H and O–H groups in total. The minimum Gasteiger partial charge on any atom is -0.463 e. The fraction of sp³-hybridized carbons (Fsp3) is 0.583. The summed E-state index contributed by atoms with van der Waals surface area (Å²) in [5, 5.41) is 3.47. The van der Waals surface area contributed by atoms with Crippen LogP contribution in [0.2, 0.25) is 0 Å². The molecule has 0 amide bonds. The van der Waals surface area contributed by atoms with Crippen molar-refractivity contribution in [1.29, 1.82) is 0 Å². The van der Waals surface area contributed by atoms with Crippen LogP contribution in [0.15, 0.2) is 16.5 Å². The molecule has 1 heterocycles. The third-order valence-electron chi connectivity index (χ3n) is 3.01. The van der Waals surface area contributed by atoms with Gasteiger partial charge in [0.2, 0.25) is 5.76 Å². The number of carbonyl (C=O) groups is 1. The lowest BCUT2D eigenvalue weighted by atomic mass is 10.2. The smallest absolute Gasteiger partial charge is 0.373 e. The highest BCUT2D eigenvalue weighted by molar-refractivity contribution is 5.86. The number of nitrogens with one attached hydrogen (secondary N) is 1. The summed E-state index contributed by atoms with van der Waals surface area (Å²) in [5.74, 6) is 0.594. The maximum Gasteiger partial charge on any atom is 0.373 e. The van der Waals surface area contributed by atoms with E-state index in [1.807, 2.05) is 13.0 Å². The average Bonchev–Trinajstić information content (AvgIpc) is 2.83. The van der Waals surface area contributed by atoms with Gasteiger partial charge in [-0.1, -0.05) is 0 Å². The zero-order valence-corrected chi connectivity index (χ0v) is 9.87. The Balaban J connectivity index is 2.03. The van der Waals surface area contributed by atoms with Crippen LogP contribution in [0, 0.1) is 0 Å². The molecule has 1 unspecified atom stereocenters. The summed E-state index contributed by atoms with van der Waals surface area (Å²) < 4.78 is 10.0. The minimum atomic E-state index is -0.434. The van der Waals surface area contributed by atoms with E-state index in [2.05, 4.69) is 17.0 Å². The third kappa shape index (κ3) is 2.27. The second-order valence-electron chi connectivity index (χ2n) is 4.62. The van der Waals surface area contributed by atoms with Crippen LogP contribution >= 0.6 is 0 Å². The second kappa shape index (κ2) is 3.94. The van der Waals surface area contributed by atoms with Crippen LogP contribution in [0.1, 0.15) is 49.0 Å². The molecular formula is C12H17NO3. The molecule has 1 aliphatic carbocycles. The van der Waals surface area contributed by atoms with Gasteiger partial charge in [-0.05, 0) is 38.8 Å². The van der Waals surface area contributed by atoms with Crippen LogP contribution in [-0.2, 0) is 4.74 Å². The van der Waals surface area contributed by atoms with Crippen LogP contribution in [0.25, 0.3) is 0 Å². The van der Waals surface area contributed by atoms with Crippen LogP contribution in [0.5, 0.6) is 0 Å². The van der Waals surface area contributed by atoms with E-state index in [9.17, 15) is 4.79 Å². The first kappa shape index (κ1) is 11.2. The highest BCUT2D eigenvalue weighted by Crippen LogP contribution is 2.37. The van der Waals surface area contributed by atoms with Crippen molar-refractivity contribution in [3.63, 3.8) is 0 Å². The predicted molar refractivity (Wildman–Crippen MR) is 59.2 cm³/mol. The highest BCUT2D eigenvalue weighted by Gasteiger charge is 2.38. The molecule has 4 nitrogen and oxygen atoms in total. The van der Waals surface area contributed by atoms with Gasteiger partial charge in [-0.15, -0.1) is 0 Å². The van der Waals surface area contributed by atoms with Crippen molar-refractivity contribution in [3.05, 3.63) is 23.7 Å². The summed E-state index contributed by atoms with van der Waals surface area (Å²) in [4.78, 5) is 11.2. The number of hydrogen-bond acceptors (Lipinski definition) is 4. The minimum absolute atomic E-state index is 0.117. The molecule has 0 spiro atoms. The van der Waals surface area contributed by atoms with Crippen molar-refractivity contribution < 1.29 is 13.9 Å². The zero-order chi connectivity index (χ0) is 11.8. The first-order valence-corrected chi connectivity index (χ1v) is 5.50. The Morgan fingerprint density at radius 1 is 1.56 bits per heavy atom. The summed E-state index contributed by atoms with van der Waals surface area (Å²) in [6, 6.07) is 3.58. The third-order valence-corrected chi connectivity index (χ3v) is 3.01. The van der Waals surface area contributed by atoms with E-state index < -0.39 is 5.97 Å². The summed E-state index contributed by atoms with van der Waals surface area (Å²) in [5.41, 5.74) is 0.248. The van der Waals surface area contributed by atoms with Gasteiger partial charge in [0, 0.05) is 5.54 Å². The lowest BCUT2D eigenvalue weighted by Gasteiger charge is -2.16. The van der Waals surface area contributed by atoms with Crippen molar-refractivity contribution in [1.82, 2.24) is 5.32 Å². The number of rotatable bonds is 4. The first-order chi connectivity index (χ1) is 7.54. The number of hydrogen-bond donors (Lipinski definition) is 1. The summed E-state index contributed by atoms with van der Waals surface area (Å²) in [6.45, 7) is 4.22. The molecule has 0 aromatic carbocycles. The topological polar surface area (TPSA) is 51.5 Å². The number of furan rings is 1. The van der Waals surface area contributed by atoms with Gasteiger partial charge in [-0.25, -0.2) is 4.79 Å². The normalized spacial score (nSPS) is 19.2. The quantitative estimate of drug-likeness (QED) is 0.795. The van der Waals surface area contributed by atoms with Crippen molar-refractivity contribution >= 4 is 5.97 Å². The van der Waals surface area contributed by atoms with E-state index in [-0.39, 0.29) is 17.3 Å². The van der Waals surface area contributed by atoms with E-state index in [1.54, 1.807) is 6.07 Å². The first-order valence-electron chi connectivity index (χ1n) is 5.50. The summed E-state index contributed by atoms with van der Waals surface area (Å²) >= 11 is 0. The molecule has 0 bridgehead atoms. The standard InChI is InChI=1S/C12H17NO3/c1-8(13-12(2)6-7-12)9-4-5-10(16-9)11(14)15-3/h4-5,8,13H,6-7H2,1-3H3. The fourth-order valence-corrected chi connectivity index (χ4v) is 1.72. The Morgan fingerprint density at radius 3 is 2.81 bits per heavy atom. The van der Waals surface area contributed by atoms with E-state index in [0.717, 1.165) is 5.76 Å². The van der Waals surface area contributed by atoms with Crippen LogP contribution in [0.4, 0.5) is 0 Å². The van der Waals surface area contributed by atoms with Crippen LogP contribution < -0.4 is 5.32 Å². The number of esters is 1. The Morgan fingerprint density at radius 2 is 2.25 bits per heavy atom. The van der Waals surface area contributed by atoms with E-state index >= 15 is 0 Å². The highest BCUT2D eigenvalue weighted by atomic mass is 16.5. The summed E-state index contributed by atoms with van der Waals surface area (Å²) in [7, 11) is 1.34. The van der Waals surface area contributed by atoms with Crippen LogP contribution in [-0.4, -0.2) is 18.6 Å². The monoisotopic (exact) mass is 223 g/mol. The number of methoxy groups -OCH3 is 1. The fourth-order valence-electron chi connectivity index (χ4n) is 1.72. The van der Waals surface area contributed by atoms with Crippen molar-refractivity contribution in [2.24, 2.45) is 0 Å². The molecule has 0 radical (unpaired) electrons. The maximum absolute atomic E-state index is 11.2. The van der Waals surface area contributed by atoms with Gasteiger partial charge in [0.25, 0.3) is 0 Å². The van der Waals surface area contributed by atoms with Gasteiger partial charge < -0.3 is 14.5 Å². The van der Waals surface area contributed by atoms with Gasteiger partial charge >= 0.3 is 5.97 Å². The Labute approximate surface area is 95.0 Å². The SMILES string of the molecule is COC(=O)c1ccc(C(C)NC2(C)CC2)o1. The molecule has 1 saturated carbocycles. The molecule has 1 aromatic rings. The Kier molecular flexibility index (Phi) is 2.76. The van der Waals surface area contributed by atoms with Crippen molar-refractivity contribution in [3.8, 4) is 0 Å². The maximum atomic E-state index is 11.2. The number of ether oxygens (including phenoxy) is 1. The Bertz CT molecular complexity index is 393. The molecule has 4 heteroatoms. The average molecular weight is 223 g/mol. The van der Waals surface area contributed by atoms with Crippen molar-refractivity contribution in [2.75, 3.05) is 7.11 Å². The molecule has 1 aliphatic rings. The largest absolute Gasteiger partial charge is 0.463 e. The molecular weight excluding hydrogens is 206 g/mol. The Hall–Kier alpha value is -1.29. The molecule has 1 aromatic heterocycles. The molecule has 2 rings (SSSR count). The molecule has 88 valence electrons. The number of carbonyl (C=O) groups excluding carboxylic acids is 1. The van der Waals surface area contributed by atoms with Gasteiger partial charge in [0.1, 0.15) is 5.76 Å². The van der Waals surface area contributed by atoms with Gasteiger partial charge in [-0.3, -0.25) is 0 Å². The van der Waals surface area contributed by atoms with Crippen molar-refractivity contribution in [2.45, 2.75) is 38.3 Å². The summed E-state index contributed by atoms with van der Waals surface area (Å²) in [6.07, 6.45) is 2.39. The molecule has 16 heavy (non-hydrogen) atoms. The zero-order valence-electron chi connectivity index (χ0n) is 9.87. The van der Waals surface area contributed by atoms with E-state index in [1.165, 1.54) is 20.0 Å². The molecule has 1 atom stereocenters. The van der Waals surface area contributed by atoms with Gasteiger partial charge in [0.15, 0.2) is 0 Å².